The Kier molecular flexibility index (Phi) is 4.31. The minimum Gasteiger partial charge on any atom is -0.318 e. The topological polar surface area (TPSA) is 78.5 Å². The summed E-state index contributed by atoms with van der Waals surface area (Å²) in [7, 11) is 0. The highest BCUT2D eigenvalue weighted by atomic mass is 19.4. The van der Waals surface area contributed by atoms with E-state index in [0.29, 0.717) is 4.90 Å². The second-order valence-electron chi connectivity index (χ2n) is 5.05. The van der Waals surface area contributed by atoms with E-state index in [0.717, 1.165) is 12.5 Å². The first-order valence-electron chi connectivity index (χ1n) is 6.71. The second-order valence-corrected chi connectivity index (χ2v) is 5.05. The maximum Gasteiger partial charge on any atom is 0.440 e. The van der Waals surface area contributed by atoms with Crippen LogP contribution in [0.1, 0.15) is 12.5 Å². The van der Waals surface area contributed by atoms with Gasteiger partial charge in [0, 0.05) is 13.5 Å². The molecule has 1 fully saturated rings. The van der Waals surface area contributed by atoms with E-state index in [1.807, 2.05) is 0 Å². The summed E-state index contributed by atoms with van der Waals surface area (Å²) in [6, 6.07) is 7.49. The molecule has 6 nitrogen and oxygen atoms in total. The largest absolute Gasteiger partial charge is 0.440 e. The first-order valence-corrected chi connectivity index (χ1v) is 6.71. The highest BCUT2D eigenvalue weighted by Gasteiger charge is 2.68. The third kappa shape index (κ3) is 3.13. The van der Waals surface area contributed by atoms with Crippen molar-refractivity contribution in [3.8, 4) is 0 Å². The van der Waals surface area contributed by atoms with Crippen molar-refractivity contribution in [1.82, 2.24) is 15.5 Å². The van der Waals surface area contributed by atoms with Gasteiger partial charge >= 0.3 is 12.2 Å². The molecule has 9 heteroatoms. The lowest BCUT2D eigenvalue weighted by molar-refractivity contribution is -0.203. The van der Waals surface area contributed by atoms with Crippen LogP contribution in [0.4, 0.5) is 18.0 Å². The summed E-state index contributed by atoms with van der Waals surface area (Å²) >= 11 is 0. The number of nitrogens with zero attached hydrogens (tertiary/aromatic N) is 1. The summed E-state index contributed by atoms with van der Waals surface area (Å²) < 4.78 is 39.8. The van der Waals surface area contributed by atoms with Gasteiger partial charge in [0.25, 0.3) is 11.6 Å². The van der Waals surface area contributed by atoms with Crippen LogP contribution in [0, 0.1) is 0 Å². The van der Waals surface area contributed by atoms with Crippen molar-refractivity contribution in [1.29, 1.82) is 0 Å². The van der Waals surface area contributed by atoms with E-state index in [2.05, 4.69) is 0 Å². The summed E-state index contributed by atoms with van der Waals surface area (Å²) in [6.07, 6.45) is -4.96. The van der Waals surface area contributed by atoms with E-state index in [4.69, 9.17) is 0 Å². The summed E-state index contributed by atoms with van der Waals surface area (Å²) in [5.74, 6) is -2.62. The Hall–Kier alpha value is -2.58. The van der Waals surface area contributed by atoms with E-state index >= 15 is 0 Å². The van der Waals surface area contributed by atoms with E-state index in [9.17, 15) is 27.6 Å². The molecule has 0 spiro atoms. The lowest BCUT2D eigenvalue weighted by Gasteiger charge is -2.29. The standard InChI is InChI=1S/C14H14F3N3O3/c1-9(21)18-13(14(15,16)17)11(22)20(12(23)19-13)8-7-10-5-3-2-4-6-10/h2-6H,7-8H2,1H3,(H,18,21)(H,19,23)/t13-/m1/s1. The Labute approximate surface area is 129 Å². The predicted octanol–water partition coefficient (Wildman–Crippen LogP) is 1.18. The number of nitrogens with one attached hydrogen (secondary N) is 2. The lowest BCUT2D eigenvalue weighted by atomic mass is 10.1. The fourth-order valence-electron chi connectivity index (χ4n) is 2.28. The van der Waals surface area contributed by atoms with Gasteiger partial charge in [0.05, 0.1) is 0 Å². The maximum atomic E-state index is 13.3. The van der Waals surface area contributed by atoms with Crippen LogP contribution in [-0.4, -0.2) is 41.1 Å². The number of urea groups is 1. The summed E-state index contributed by atoms with van der Waals surface area (Å²) in [6.45, 7) is 0.603. The van der Waals surface area contributed by atoms with Gasteiger partial charge < -0.3 is 5.32 Å². The van der Waals surface area contributed by atoms with E-state index in [1.54, 1.807) is 35.6 Å². The number of halogens is 3. The smallest absolute Gasteiger partial charge is 0.318 e. The number of hydrogen-bond acceptors (Lipinski definition) is 3. The van der Waals surface area contributed by atoms with Crippen molar-refractivity contribution in [3.63, 3.8) is 0 Å². The molecule has 0 aromatic heterocycles. The van der Waals surface area contributed by atoms with Gasteiger partial charge in [0.15, 0.2) is 0 Å². The van der Waals surface area contributed by atoms with Crippen LogP contribution in [0.15, 0.2) is 30.3 Å². The molecule has 0 unspecified atom stereocenters. The van der Waals surface area contributed by atoms with Gasteiger partial charge in [-0.1, -0.05) is 30.3 Å². The van der Waals surface area contributed by atoms with E-state index < -0.39 is 29.7 Å². The molecule has 4 amide bonds. The van der Waals surface area contributed by atoms with Crippen molar-refractivity contribution in [2.45, 2.75) is 25.2 Å². The van der Waals surface area contributed by atoms with Gasteiger partial charge in [-0.2, -0.15) is 13.2 Å². The predicted molar refractivity (Wildman–Crippen MR) is 73.0 cm³/mol. The molecule has 2 N–H and O–H groups in total. The molecular weight excluding hydrogens is 315 g/mol. The van der Waals surface area contributed by atoms with Crippen LogP contribution >= 0.6 is 0 Å². The van der Waals surface area contributed by atoms with Crippen LogP contribution < -0.4 is 10.6 Å². The Balaban J connectivity index is 2.22. The molecule has 23 heavy (non-hydrogen) atoms. The molecule has 2 rings (SSSR count). The highest BCUT2D eigenvalue weighted by molar-refractivity contribution is 6.08. The number of alkyl halides is 3. The van der Waals surface area contributed by atoms with Gasteiger partial charge in [-0.15, -0.1) is 0 Å². The molecule has 1 atom stereocenters. The SMILES string of the molecule is CC(=O)N[C@@]1(C(F)(F)F)NC(=O)N(CCc2ccccc2)C1=O. The number of imide groups is 1. The second kappa shape index (κ2) is 5.90. The molecule has 1 aliphatic rings. The minimum atomic E-state index is -5.16. The highest BCUT2D eigenvalue weighted by Crippen LogP contribution is 2.33. The number of benzene rings is 1. The molecule has 1 aromatic rings. The number of rotatable bonds is 4. The molecule has 0 saturated carbocycles. The quantitative estimate of drug-likeness (QED) is 0.814. The molecule has 1 heterocycles. The number of carbonyl (C=O) groups is 3. The maximum absolute atomic E-state index is 13.3. The molecule has 1 saturated heterocycles. The minimum absolute atomic E-state index is 0.202. The molecular formula is C14H14F3N3O3. The molecule has 0 radical (unpaired) electrons. The Morgan fingerprint density at radius 1 is 1.26 bits per heavy atom. The van der Waals surface area contributed by atoms with Gasteiger partial charge in [0.1, 0.15) is 0 Å². The van der Waals surface area contributed by atoms with Gasteiger partial charge in [-0.05, 0) is 12.0 Å². The Morgan fingerprint density at radius 2 is 1.87 bits per heavy atom. The molecule has 124 valence electrons. The van der Waals surface area contributed by atoms with E-state index in [1.165, 1.54) is 5.32 Å². The molecule has 0 bridgehead atoms. The van der Waals surface area contributed by atoms with Gasteiger partial charge in [0.2, 0.25) is 5.91 Å². The van der Waals surface area contributed by atoms with Crippen LogP contribution in [0.3, 0.4) is 0 Å². The summed E-state index contributed by atoms with van der Waals surface area (Å²) in [4.78, 5) is 35.5. The normalized spacial score (nSPS) is 21.3. The van der Waals surface area contributed by atoms with Crippen LogP contribution in [-0.2, 0) is 16.0 Å². The summed E-state index contributed by atoms with van der Waals surface area (Å²) in [5, 5.41) is 3.07. The van der Waals surface area contributed by atoms with Crippen molar-refractivity contribution in [2.75, 3.05) is 6.54 Å². The fourth-order valence-corrected chi connectivity index (χ4v) is 2.28. The number of carbonyl (C=O) groups excluding carboxylic acids is 3. The lowest BCUT2D eigenvalue weighted by Crippen LogP contribution is -2.69. The summed E-state index contributed by atoms with van der Waals surface area (Å²) in [5.41, 5.74) is -2.65. The number of amides is 4. The van der Waals surface area contributed by atoms with Gasteiger partial charge in [-0.3, -0.25) is 19.8 Å². The average molecular weight is 329 g/mol. The van der Waals surface area contributed by atoms with Crippen LogP contribution in [0.2, 0.25) is 0 Å². The van der Waals surface area contributed by atoms with E-state index in [-0.39, 0.29) is 13.0 Å². The number of hydrogen-bond donors (Lipinski definition) is 2. The zero-order chi connectivity index (χ0) is 17.3. The first-order chi connectivity index (χ1) is 10.7. The van der Waals surface area contributed by atoms with Crippen molar-refractivity contribution in [3.05, 3.63) is 35.9 Å². The average Bonchev–Trinajstić information content (AvgIpc) is 2.69. The Morgan fingerprint density at radius 3 is 2.39 bits per heavy atom. The zero-order valence-corrected chi connectivity index (χ0v) is 12.1. The van der Waals surface area contributed by atoms with Crippen molar-refractivity contribution in [2.24, 2.45) is 0 Å². The molecule has 0 aliphatic carbocycles. The Bertz CT molecular complexity index is 633. The van der Waals surface area contributed by atoms with Crippen LogP contribution in [0.25, 0.3) is 0 Å². The molecule has 1 aliphatic heterocycles. The zero-order valence-electron chi connectivity index (χ0n) is 12.1. The van der Waals surface area contributed by atoms with Crippen LogP contribution in [0.5, 0.6) is 0 Å². The van der Waals surface area contributed by atoms with Crippen molar-refractivity contribution >= 4 is 17.8 Å². The van der Waals surface area contributed by atoms with Crippen molar-refractivity contribution < 1.29 is 27.6 Å². The first kappa shape index (κ1) is 16.8. The third-order valence-corrected chi connectivity index (χ3v) is 3.36. The third-order valence-electron chi connectivity index (χ3n) is 3.36. The molecule has 1 aromatic carbocycles. The van der Waals surface area contributed by atoms with Gasteiger partial charge in [-0.25, -0.2) is 4.79 Å². The fraction of sp³-hybridized carbons (Fsp3) is 0.357. The monoisotopic (exact) mass is 329 g/mol.